The molecule has 1 N–H and O–H groups in total. The van der Waals surface area contributed by atoms with Gasteiger partial charge < -0.3 is 14.8 Å². The van der Waals surface area contributed by atoms with E-state index in [0.717, 1.165) is 12.8 Å². The van der Waals surface area contributed by atoms with Crippen LogP contribution in [0.15, 0.2) is 30.3 Å². The Kier molecular flexibility index (Phi) is 7.26. The summed E-state index contributed by atoms with van der Waals surface area (Å²) in [7, 11) is 3.25. The summed E-state index contributed by atoms with van der Waals surface area (Å²) in [5, 5.41) is 2.90. The van der Waals surface area contributed by atoms with Crippen LogP contribution in [0.5, 0.6) is 0 Å². The summed E-state index contributed by atoms with van der Waals surface area (Å²) in [4.78, 5) is 11.8. The molecule has 1 amide bonds. The van der Waals surface area contributed by atoms with Gasteiger partial charge in [0.05, 0.1) is 6.61 Å². The molecule has 0 aliphatic heterocycles. The lowest BCUT2D eigenvalue weighted by atomic mass is 10.1. The second-order valence-electron chi connectivity index (χ2n) is 5.20. The van der Waals surface area contributed by atoms with Crippen molar-refractivity contribution in [1.82, 2.24) is 5.32 Å². The SMILES string of the molecule is COCC(C)(CNC(=O)CCCc1ccccc1)OC. The van der Waals surface area contributed by atoms with Crippen molar-refractivity contribution >= 4 is 5.91 Å². The van der Waals surface area contributed by atoms with Gasteiger partial charge in [-0.25, -0.2) is 0 Å². The second kappa shape index (κ2) is 8.72. The molecule has 0 saturated carbocycles. The highest BCUT2D eigenvalue weighted by atomic mass is 16.5. The standard InChI is InChI=1S/C16H25NO3/c1-16(20-3,13-19-2)12-17-15(18)11-7-10-14-8-5-4-6-9-14/h4-6,8-9H,7,10-13H2,1-3H3,(H,17,18). The van der Waals surface area contributed by atoms with Crippen LogP contribution in [0.25, 0.3) is 0 Å². The van der Waals surface area contributed by atoms with Crippen LogP contribution in [0.3, 0.4) is 0 Å². The number of rotatable bonds is 9. The van der Waals surface area contributed by atoms with Gasteiger partial charge in [0.25, 0.3) is 0 Å². The van der Waals surface area contributed by atoms with Crippen molar-refractivity contribution < 1.29 is 14.3 Å². The van der Waals surface area contributed by atoms with Gasteiger partial charge in [0, 0.05) is 27.2 Å². The molecule has 0 heterocycles. The molecule has 0 saturated heterocycles. The molecule has 0 radical (unpaired) electrons. The fraction of sp³-hybridized carbons (Fsp3) is 0.562. The predicted octanol–water partition coefficient (Wildman–Crippen LogP) is 2.18. The normalized spacial score (nSPS) is 13.8. The monoisotopic (exact) mass is 279 g/mol. The van der Waals surface area contributed by atoms with E-state index in [1.54, 1.807) is 14.2 Å². The Balaban J connectivity index is 2.23. The summed E-state index contributed by atoms with van der Waals surface area (Å²) in [6, 6.07) is 10.2. The van der Waals surface area contributed by atoms with Crippen molar-refractivity contribution in [3.8, 4) is 0 Å². The largest absolute Gasteiger partial charge is 0.382 e. The van der Waals surface area contributed by atoms with E-state index in [-0.39, 0.29) is 5.91 Å². The van der Waals surface area contributed by atoms with Gasteiger partial charge in [-0.1, -0.05) is 30.3 Å². The lowest BCUT2D eigenvalue weighted by molar-refractivity contribution is -0.123. The molecular weight excluding hydrogens is 254 g/mol. The first-order chi connectivity index (χ1) is 9.59. The molecule has 1 rings (SSSR count). The molecule has 0 aliphatic rings. The molecule has 1 aromatic rings. The van der Waals surface area contributed by atoms with Crippen LogP contribution in [0.2, 0.25) is 0 Å². The van der Waals surface area contributed by atoms with Crippen molar-refractivity contribution in [3.63, 3.8) is 0 Å². The minimum Gasteiger partial charge on any atom is -0.382 e. The molecule has 0 bridgehead atoms. The number of benzene rings is 1. The van der Waals surface area contributed by atoms with Gasteiger partial charge in [-0.3, -0.25) is 4.79 Å². The first kappa shape index (κ1) is 16.7. The molecule has 4 heteroatoms. The summed E-state index contributed by atoms with van der Waals surface area (Å²) in [6.07, 6.45) is 2.30. The summed E-state index contributed by atoms with van der Waals surface area (Å²) in [5.41, 5.74) is 0.797. The highest BCUT2D eigenvalue weighted by molar-refractivity contribution is 5.75. The molecular formula is C16H25NO3. The van der Waals surface area contributed by atoms with Gasteiger partial charge in [-0.15, -0.1) is 0 Å². The van der Waals surface area contributed by atoms with Gasteiger partial charge >= 0.3 is 0 Å². The fourth-order valence-corrected chi connectivity index (χ4v) is 1.96. The van der Waals surface area contributed by atoms with Gasteiger partial charge in [0.2, 0.25) is 5.91 Å². The van der Waals surface area contributed by atoms with E-state index >= 15 is 0 Å². The molecule has 1 atom stereocenters. The van der Waals surface area contributed by atoms with Crippen LogP contribution < -0.4 is 5.32 Å². The van der Waals surface area contributed by atoms with Crippen LogP contribution in [-0.4, -0.2) is 38.9 Å². The second-order valence-corrected chi connectivity index (χ2v) is 5.20. The highest BCUT2D eigenvalue weighted by Crippen LogP contribution is 2.08. The van der Waals surface area contributed by atoms with Gasteiger partial charge in [0.1, 0.15) is 5.60 Å². The Morgan fingerprint density at radius 1 is 1.25 bits per heavy atom. The Labute approximate surface area is 121 Å². The maximum absolute atomic E-state index is 11.8. The first-order valence-corrected chi connectivity index (χ1v) is 6.94. The van der Waals surface area contributed by atoms with Crippen molar-refractivity contribution in [3.05, 3.63) is 35.9 Å². The molecule has 0 spiro atoms. The van der Waals surface area contributed by atoms with Crippen LogP contribution in [0.4, 0.5) is 0 Å². The van der Waals surface area contributed by atoms with Crippen molar-refractivity contribution in [2.75, 3.05) is 27.4 Å². The number of nitrogens with one attached hydrogen (secondary N) is 1. The summed E-state index contributed by atoms with van der Waals surface area (Å²) in [5.74, 6) is 0.0558. The lowest BCUT2D eigenvalue weighted by Crippen LogP contribution is -2.45. The number of methoxy groups -OCH3 is 2. The number of aryl methyl sites for hydroxylation is 1. The third-order valence-corrected chi connectivity index (χ3v) is 3.31. The zero-order chi connectivity index (χ0) is 14.8. The summed E-state index contributed by atoms with van der Waals surface area (Å²) in [6.45, 7) is 2.83. The quantitative estimate of drug-likeness (QED) is 0.753. The average Bonchev–Trinajstić information content (AvgIpc) is 2.47. The van der Waals surface area contributed by atoms with Crippen molar-refractivity contribution in [2.45, 2.75) is 31.8 Å². The maximum atomic E-state index is 11.8. The number of hydrogen-bond donors (Lipinski definition) is 1. The molecule has 0 aromatic heterocycles. The van der Waals surface area contributed by atoms with Gasteiger partial charge in [0.15, 0.2) is 0 Å². The molecule has 4 nitrogen and oxygen atoms in total. The average molecular weight is 279 g/mol. The van der Waals surface area contributed by atoms with Crippen molar-refractivity contribution in [1.29, 1.82) is 0 Å². The Hall–Kier alpha value is -1.39. The maximum Gasteiger partial charge on any atom is 0.220 e. The zero-order valence-electron chi connectivity index (χ0n) is 12.6. The van der Waals surface area contributed by atoms with Crippen LogP contribution in [-0.2, 0) is 20.7 Å². The third-order valence-electron chi connectivity index (χ3n) is 3.31. The van der Waals surface area contributed by atoms with E-state index in [9.17, 15) is 4.79 Å². The Morgan fingerprint density at radius 3 is 2.55 bits per heavy atom. The molecule has 0 fully saturated rings. The predicted molar refractivity (Wildman–Crippen MR) is 79.7 cm³/mol. The molecule has 0 aliphatic carbocycles. The van der Waals surface area contributed by atoms with Crippen LogP contribution in [0.1, 0.15) is 25.3 Å². The minimum atomic E-state index is -0.468. The van der Waals surface area contributed by atoms with E-state index < -0.39 is 5.60 Å². The Morgan fingerprint density at radius 2 is 1.95 bits per heavy atom. The first-order valence-electron chi connectivity index (χ1n) is 6.94. The Bertz CT molecular complexity index is 394. The molecule has 112 valence electrons. The number of ether oxygens (including phenoxy) is 2. The van der Waals surface area contributed by atoms with E-state index in [2.05, 4.69) is 17.4 Å². The van der Waals surface area contributed by atoms with E-state index in [0.29, 0.717) is 19.6 Å². The number of hydrogen-bond acceptors (Lipinski definition) is 3. The smallest absolute Gasteiger partial charge is 0.220 e. The number of carbonyl (C=O) groups is 1. The topological polar surface area (TPSA) is 47.6 Å². The lowest BCUT2D eigenvalue weighted by Gasteiger charge is -2.27. The number of carbonyl (C=O) groups excluding carboxylic acids is 1. The summed E-state index contributed by atoms with van der Waals surface area (Å²) < 4.78 is 10.5. The molecule has 1 aromatic carbocycles. The van der Waals surface area contributed by atoms with Gasteiger partial charge in [-0.2, -0.15) is 0 Å². The van der Waals surface area contributed by atoms with Gasteiger partial charge in [-0.05, 0) is 25.3 Å². The van der Waals surface area contributed by atoms with E-state index in [1.807, 2.05) is 25.1 Å². The molecule has 20 heavy (non-hydrogen) atoms. The fourth-order valence-electron chi connectivity index (χ4n) is 1.96. The molecule has 1 unspecified atom stereocenters. The zero-order valence-corrected chi connectivity index (χ0v) is 12.6. The van der Waals surface area contributed by atoms with Crippen molar-refractivity contribution in [2.24, 2.45) is 0 Å². The number of amides is 1. The highest BCUT2D eigenvalue weighted by Gasteiger charge is 2.24. The van der Waals surface area contributed by atoms with E-state index in [1.165, 1.54) is 5.56 Å². The van der Waals surface area contributed by atoms with Crippen LogP contribution in [0, 0.1) is 0 Å². The minimum absolute atomic E-state index is 0.0558. The third kappa shape index (κ3) is 6.17. The summed E-state index contributed by atoms with van der Waals surface area (Å²) >= 11 is 0. The van der Waals surface area contributed by atoms with Crippen LogP contribution >= 0.6 is 0 Å². The van der Waals surface area contributed by atoms with E-state index in [4.69, 9.17) is 9.47 Å².